The zero-order valence-electron chi connectivity index (χ0n) is 14.5. The van der Waals surface area contributed by atoms with Crippen molar-refractivity contribution >= 4 is 17.5 Å². The Morgan fingerprint density at radius 3 is 2.58 bits per heavy atom. The van der Waals surface area contributed by atoms with Crippen LogP contribution in [0.3, 0.4) is 0 Å². The Kier molecular flexibility index (Phi) is 3.90. The number of likely N-dealkylation sites (tertiary alicyclic amines) is 1. The zero-order chi connectivity index (χ0) is 17.6. The van der Waals surface area contributed by atoms with Crippen LogP contribution in [0, 0.1) is 26.7 Å². The Balaban J connectivity index is 1.91. The fraction of sp³-hybridized carbons (Fsp3) is 0.500. The number of nitrogens with zero attached hydrogens (tertiary/aromatic N) is 4. The zero-order valence-corrected chi connectivity index (χ0v) is 14.5. The molecule has 0 radical (unpaired) electrons. The molecule has 3 heterocycles. The number of rotatable bonds is 3. The van der Waals surface area contributed by atoms with Gasteiger partial charge in [-0.2, -0.15) is 5.10 Å². The van der Waals surface area contributed by atoms with E-state index in [-0.39, 0.29) is 24.3 Å². The highest BCUT2D eigenvalue weighted by Crippen LogP contribution is 2.39. The van der Waals surface area contributed by atoms with Gasteiger partial charge in [0.15, 0.2) is 5.76 Å². The van der Waals surface area contributed by atoms with Crippen LogP contribution in [0.1, 0.15) is 35.2 Å². The third-order valence-corrected chi connectivity index (χ3v) is 4.80. The summed E-state index contributed by atoms with van der Waals surface area (Å²) in [7, 11) is 3.57. The van der Waals surface area contributed by atoms with Crippen LogP contribution in [0.2, 0.25) is 0 Å². The molecule has 0 spiro atoms. The Labute approximate surface area is 139 Å². The highest BCUT2D eigenvalue weighted by atomic mass is 16.5. The van der Waals surface area contributed by atoms with Crippen molar-refractivity contribution in [3.63, 3.8) is 0 Å². The van der Waals surface area contributed by atoms with E-state index in [1.54, 1.807) is 36.7 Å². The van der Waals surface area contributed by atoms with Gasteiger partial charge in [-0.05, 0) is 20.8 Å². The summed E-state index contributed by atoms with van der Waals surface area (Å²) in [5, 5.41) is 10.9. The Morgan fingerprint density at radius 2 is 2.04 bits per heavy atom. The third-order valence-electron chi connectivity index (χ3n) is 4.80. The molecule has 128 valence electrons. The van der Waals surface area contributed by atoms with Gasteiger partial charge in [0, 0.05) is 31.8 Å². The lowest BCUT2D eigenvalue weighted by atomic mass is 9.93. The number of aryl methyl sites for hydroxylation is 3. The smallest absolute Gasteiger partial charge is 0.230 e. The first kappa shape index (κ1) is 16.2. The SMILES string of the molecule is Cc1noc(C)c1NC(=O)[C@H]1CC(=O)N(C)[C@@H]1c1cnn(C)c1C. The van der Waals surface area contributed by atoms with Crippen LogP contribution in [0.25, 0.3) is 0 Å². The molecular formula is C16H21N5O3. The molecule has 8 nitrogen and oxygen atoms in total. The maximum atomic E-state index is 12.8. The van der Waals surface area contributed by atoms with E-state index in [2.05, 4.69) is 15.6 Å². The minimum Gasteiger partial charge on any atom is -0.359 e. The summed E-state index contributed by atoms with van der Waals surface area (Å²) in [4.78, 5) is 26.7. The number of carbonyl (C=O) groups is 2. The summed E-state index contributed by atoms with van der Waals surface area (Å²) in [6.07, 6.45) is 1.90. The topological polar surface area (TPSA) is 93.3 Å². The molecule has 0 aliphatic carbocycles. The lowest BCUT2D eigenvalue weighted by Crippen LogP contribution is -2.30. The largest absolute Gasteiger partial charge is 0.359 e. The summed E-state index contributed by atoms with van der Waals surface area (Å²) < 4.78 is 6.82. The molecule has 2 amide bonds. The van der Waals surface area contributed by atoms with Crippen molar-refractivity contribution in [2.45, 2.75) is 33.2 Å². The number of anilines is 1. The van der Waals surface area contributed by atoms with Crippen molar-refractivity contribution in [3.05, 3.63) is 28.9 Å². The molecule has 1 saturated heterocycles. The number of aromatic nitrogens is 3. The van der Waals surface area contributed by atoms with Crippen molar-refractivity contribution < 1.29 is 14.1 Å². The van der Waals surface area contributed by atoms with Crippen LogP contribution in [-0.2, 0) is 16.6 Å². The highest BCUT2D eigenvalue weighted by Gasteiger charge is 2.44. The normalized spacial score (nSPS) is 20.7. The van der Waals surface area contributed by atoms with Crippen LogP contribution in [0.5, 0.6) is 0 Å². The molecule has 0 aromatic carbocycles. The summed E-state index contributed by atoms with van der Waals surface area (Å²) >= 11 is 0. The van der Waals surface area contributed by atoms with Gasteiger partial charge >= 0.3 is 0 Å². The predicted molar refractivity (Wildman–Crippen MR) is 86.2 cm³/mol. The Hall–Kier alpha value is -2.64. The molecule has 1 aliphatic rings. The number of nitrogens with one attached hydrogen (secondary N) is 1. The second kappa shape index (κ2) is 5.77. The first-order valence-electron chi connectivity index (χ1n) is 7.79. The molecular weight excluding hydrogens is 310 g/mol. The van der Waals surface area contributed by atoms with Gasteiger partial charge in [-0.15, -0.1) is 0 Å². The number of hydrogen-bond donors (Lipinski definition) is 1. The first-order chi connectivity index (χ1) is 11.3. The van der Waals surface area contributed by atoms with E-state index in [0.717, 1.165) is 11.3 Å². The predicted octanol–water partition coefficient (Wildman–Crippen LogP) is 1.49. The van der Waals surface area contributed by atoms with Gasteiger partial charge in [0.25, 0.3) is 0 Å². The van der Waals surface area contributed by atoms with Crippen molar-refractivity contribution in [1.82, 2.24) is 19.8 Å². The molecule has 8 heteroatoms. The second-order valence-corrected chi connectivity index (χ2v) is 6.26. The monoisotopic (exact) mass is 331 g/mol. The van der Waals surface area contributed by atoms with E-state index in [9.17, 15) is 9.59 Å². The molecule has 1 aliphatic heterocycles. The van der Waals surface area contributed by atoms with Crippen molar-refractivity contribution in [2.24, 2.45) is 13.0 Å². The number of carbonyl (C=O) groups excluding carboxylic acids is 2. The molecule has 3 rings (SSSR count). The highest BCUT2D eigenvalue weighted by molar-refractivity contribution is 5.98. The van der Waals surface area contributed by atoms with Gasteiger partial charge in [-0.1, -0.05) is 5.16 Å². The van der Waals surface area contributed by atoms with E-state index in [0.29, 0.717) is 17.1 Å². The van der Waals surface area contributed by atoms with Crippen molar-refractivity contribution in [3.8, 4) is 0 Å². The van der Waals surface area contributed by atoms with Gasteiger partial charge in [0.2, 0.25) is 11.8 Å². The minimum absolute atomic E-state index is 0.0536. The summed E-state index contributed by atoms with van der Waals surface area (Å²) in [6, 6.07) is -0.327. The van der Waals surface area contributed by atoms with Crippen molar-refractivity contribution in [2.75, 3.05) is 12.4 Å². The molecule has 1 N–H and O–H groups in total. The second-order valence-electron chi connectivity index (χ2n) is 6.26. The molecule has 2 aromatic heterocycles. The molecule has 0 bridgehead atoms. The van der Waals surface area contributed by atoms with Crippen LogP contribution in [0.4, 0.5) is 5.69 Å². The van der Waals surface area contributed by atoms with E-state index >= 15 is 0 Å². The lowest BCUT2D eigenvalue weighted by Gasteiger charge is -2.24. The molecule has 24 heavy (non-hydrogen) atoms. The Morgan fingerprint density at radius 1 is 1.33 bits per heavy atom. The van der Waals surface area contributed by atoms with Crippen LogP contribution in [-0.4, -0.2) is 38.7 Å². The third kappa shape index (κ3) is 2.47. The first-order valence-corrected chi connectivity index (χ1v) is 7.79. The van der Waals surface area contributed by atoms with Gasteiger partial charge < -0.3 is 14.7 Å². The fourth-order valence-electron chi connectivity index (χ4n) is 3.21. The van der Waals surface area contributed by atoms with Crippen LogP contribution >= 0.6 is 0 Å². The minimum atomic E-state index is -0.487. The summed E-state index contributed by atoms with van der Waals surface area (Å²) in [6.45, 7) is 5.44. The van der Waals surface area contributed by atoms with Gasteiger partial charge in [0.1, 0.15) is 11.4 Å². The number of hydrogen-bond acceptors (Lipinski definition) is 5. The fourth-order valence-corrected chi connectivity index (χ4v) is 3.21. The van der Waals surface area contributed by atoms with Crippen molar-refractivity contribution in [1.29, 1.82) is 0 Å². The van der Waals surface area contributed by atoms with E-state index in [1.807, 2.05) is 14.0 Å². The maximum Gasteiger partial charge on any atom is 0.230 e. The summed E-state index contributed by atoms with van der Waals surface area (Å²) in [5.74, 6) is -0.204. The molecule has 2 aromatic rings. The maximum absolute atomic E-state index is 12.8. The van der Waals surface area contributed by atoms with Crippen LogP contribution < -0.4 is 5.32 Å². The average Bonchev–Trinajstić information content (AvgIpc) is 3.13. The number of amides is 2. The van der Waals surface area contributed by atoms with E-state index in [1.165, 1.54) is 0 Å². The summed E-state index contributed by atoms with van der Waals surface area (Å²) in [5.41, 5.74) is 3.03. The van der Waals surface area contributed by atoms with Crippen LogP contribution in [0.15, 0.2) is 10.7 Å². The molecule has 0 saturated carbocycles. The molecule has 1 fully saturated rings. The van der Waals surface area contributed by atoms with E-state index in [4.69, 9.17) is 4.52 Å². The van der Waals surface area contributed by atoms with Gasteiger partial charge in [-0.3, -0.25) is 14.3 Å². The molecule has 2 atom stereocenters. The molecule has 0 unspecified atom stereocenters. The average molecular weight is 331 g/mol. The van der Waals surface area contributed by atoms with Gasteiger partial charge in [-0.25, -0.2) is 0 Å². The van der Waals surface area contributed by atoms with E-state index < -0.39 is 5.92 Å². The standard InChI is InChI=1S/C16H21N5O3/c1-8-14(10(3)24-19-8)18-16(23)11-6-13(22)20(4)15(11)12-7-17-21(5)9(12)2/h7,11,15H,6H2,1-5H3,(H,18,23)/t11-,15-/m0/s1. The lowest BCUT2D eigenvalue weighted by molar-refractivity contribution is -0.127. The van der Waals surface area contributed by atoms with Gasteiger partial charge in [0.05, 0.1) is 18.2 Å². The Bertz CT molecular complexity index is 787. The quantitative estimate of drug-likeness (QED) is 0.920.